The number of carbonyl (C=O) groups is 2. The van der Waals surface area contributed by atoms with Crippen LogP contribution in [0.4, 0.5) is 16.3 Å². The van der Waals surface area contributed by atoms with Gasteiger partial charge in [-0.2, -0.15) is 0 Å². The van der Waals surface area contributed by atoms with E-state index >= 15 is 0 Å². The summed E-state index contributed by atoms with van der Waals surface area (Å²) in [5, 5.41) is 0. The van der Waals surface area contributed by atoms with Gasteiger partial charge in [-0.1, -0.05) is 25.1 Å². The van der Waals surface area contributed by atoms with Gasteiger partial charge in [0.05, 0.1) is 0 Å². The molecular weight excluding hydrogens is 418 g/mol. The Morgan fingerprint density at radius 2 is 1.73 bits per heavy atom. The maximum atomic E-state index is 13.0. The van der Waals surface area contributed by atoms with Gasteiger partial charge >= 0.3 is 6.09 Å². The van der Waals surface area contributed by atoms with Crippen LogP contribution in [0.5, 0.6) is 0 Å². The molecule has 33 heavy (non-hydrogen) atoms. The lowest BCUT2D eigenvalue weighted by atomic mass is 9.95. The molecule has 0 saturated carbocycles. The van der Waals surface area contributed by atoms with Crippen LogP contribution < -0.4 is 9.80 Å². The molecule has 0 bridgehead atoms. The highest BCUT2D eigenvalue weighted by Crippen LogP contribution is 2.31. The summed E-state index contributed by atoms with van der Waals surface area (Å²) in [4.78, 5) is 40.0. The maximum absolute atomic E-state index is 13.0. The van der Waals surface area contributed by atoms with Crippen molar-refractivity contribution >= 4 is 23.5 Å². The van der Waals surface area contributed by atoms with E-state index in [1.54, 1.807) is 23.2 Å². The highest BCUT2D eigenvalue weighted by molar-refractivity contribution is 5.93. The van der Waals surface area contributed by atoms with E-state index in [4.69, 9.17) is 4.74 Å². The van der Waals surface area contributed by atoms with Crippen LogP contribution >= 0.6 is 0 Å². The second kappa shape index (κ2) is 10.2. The Morgan fingerprint density at radius 1 is 1.09 bits per heavy atom. The van der Waals surface area contributed by atoms with Crippen molar-refractivity contribution in [3.8, 4) is 0 Å². The lowest BCUT2D eigenvalue weighted by Crippen LogP contribution is -2.50. The van der Waals surface area contributed by atoms with Gasteiger partial charge in [0, 0.05) is 56.6 Å². The van der Waals surface area contributed by atoms with E-state index in [2.05, 4.69) is 14.9 Å². The average Bonchev–Trinajstić information content (AvgIpc) is 2.77. The van der Waals surface area contributed by atoms with Gasteiger partial charge in [-0.25, -0.2) is 14.8 Å². The molecule has 178 valence electrons. The van der Waals surface area contributed by atoms with Gasteiger partial charge in [0.25, 0.3) is 0 Å². The van der Waals surface area contributed by atoms with Crippen LogP contribution in [0.3, 0.4) is 0 Å². The summed E-state index contributed by atoms with van der Waals surface area (Å²) < 4.78 is 5.50. The van der Waals surface area contributed by atoms with Gasteiger partial charge < -0.3 is 19.4 Å². The van der Waals surface area contributed by atoms with Crippen molar-refractivity contribution in [2.24, 2.45) is 0 Å². The van der Waals surface area contributed by atoms with Crippen molar-refractivity contribution in [2.45, 2.75) is 52.6 Å². The van der Waals surface area contributed by atoms with E-state index < -0.39 is 5.60 Å². The first kappa shape index (κ1) is 24.5. The van der Waals surface area contributed by atoms with Crippen molar-refractivity contribution in [1.29, 1.82) is 0 Å². The fourth-order valence-corrected chi connectivity index (χ4v) is 4.02. The lowest BCUT2D eigenvalue weighted by molar-refractivity contribution is -0.118. The van der Waals surface area contributed by atoms with E-state index in [-0.39, 0.29) is 17.9 Å². The predicted octanol–water partition coefficient (Wildman–Crippen LogP) is 4.00. The molecule has 3 rings (SSSR count). The minimum Gasteiger partial charge on any atom is -0.444 e. The third kappa shape index (κ3) is 6.21. The number of aryl methyl sites for hydroxylation is 1. The van der Waals surface area contributed by atoms with E-state index in [0.717, 1.165) is 22.8 Å². The van der Waals surface area contributed by atoms with Crippen molar-refractivity contribution in [2.75, 3.05) is 43.0 Å². The Hall–Kier alpha value is -3.16. The number of rotatable bonds is 5. The normalized spacial score (nSPS) is 15.2. The second-order valence-electron chi connectivity index (χ2n) is 9.54. The summed E-state index contributed by atoms with van der Waals surface area (Å²) in [5.41, 5.74) is 2.21. The van der Waals surface area contributed by atoms with Gasteiger partial charge in [0.1, 0.15) is 17.7 Å². The Bertz CT molecular complexity index is 966. The molecule has 8 nitrogen and oxygen atoms in total. The van der Waals surface area contributed by atoms with E-state index in [9.17, 15) is 9.59 Å². The molecule has 0 radical (unpaired) electrons. The zero-order valence-corrected chi connectivity index (χ0v) is 20.5. The Balaban J connectivity index is 1.70. The molecule has 8 heteroatoms. The summed E-state index contributed by atoms with van der Waals surface area (Å²) in [6.45, 7) is 12.0. The number of para-hydroxylation sites is 1. The smallest absolute Gasteiger partial charge is 0.410 e. The standard InChI is InChI=1S/C25H35N5O3/c1-18(16-21(31)28(6)20-10-8-7-9-11-20)22-19(2)26-17-27-23(22)29-12-14-30(15-13-29)24(32)33-25(3,4)5/h7-11,17-18H,12-16H2,1-6H3/t18-/m1/s1. The average molecular weight is 454 g/mol. The minimum atomic E-state index is -0.514. The molecule has 2 heterocycles. The molecule has 1 fully saturated rings. The lowest BCUT2D eigenvalue weighted by Gasteiger charge is -2.37. The number of anilines is 2. The predicted molar refractivity (Wildman–Crippen MR) is 130 cm³/mol. The third-order valence-corrected chi connectivity index (χ3v) is 5.78. The molecule has 1 aromatic heterocycles. The van der Waals surface area contributed by atoms with Gasteiger partial charge in [0.2, 0.25) is 5.91 Å². The molecule has 1 aliphatic rings. The van der Waals surface area contributed by atoms with Crippen molar-refractivity contribution in [3.63, 3.8) is 0 Å². The van der Waals surface area contributed by atoms with Crippen LogP contribution in [0, 0.1) is 6.92 Å². The first-order chi connectivity index (χ1) is 15.6. The third-order valence-electron chi connectivity index (χ3n) is 5.78. The number of aromatic nitrogens is 2. The maximum Gasteiger partial charge on any atom is 0.410 e. The molecule has 1 aliphatic heterocycles. The molecule has 2 amide bonds. The Labute approximate surface area is 196 Å². The zero-order chi connectivity index (χ0) is 24.2. The number of carbonyl (C=O) groups excluding carboxylic acids is 2. The number of ether oxygens (including phenoxy) is 1. The summed E-state index contributed by atoms with van der Waals surface area (Å²) >= 11 is 0. The minimum absolute atomic E-state index is 0.0395. The SMILES string of the molecule is Cc1ncnc(N2CCN(C(=O)OC(C)(C)C)CC2)c1[C@H](C)CC(=O)N(C)c1ccccc1. The largest absolute Gasteiger partial charge is 0.444 e. The number of piperazine rings is 1. The van der Waals surface area contributed by atoms with Crippen molar-refractivity contribution in [3.05, 3.63) is 47.9 Å². The number of hydrogen-bond donors (Lipinski definition) is 0. The molecule has 0 unspecified atom stereocenters. The first-order valence-electron chi connectivity index (χ1n) is 11.4. The number of amides is 2. The van der Waals surface area contributed by atoms with Crippen LogP contribution in [0.2, 0.25) is 0 Å². The number of nitrogens with zero attached hydrogens (tertiary/aromatic N) is 5. The molecule has 0 aliphatic carbocycles. The molecule has 0 spiro atoms. The van der Waals surface area contributed by atoms with Crippen LogP contribution in [0.15, 0.2) is 36.7 Å². The Morgan fingerprint density at radius 3 is 2.33 bits per heavy atom. The monoisotopic (exact) mass is 453 g/mol. The fraction of sp³-hybridized carbons (Fsp3) is 0.520. The topological polar surface area (TPSA) is 78.9 Å². The molecular formula is C25H35N5O3. The highest BCUT2D eigenvalue weighted by atomic mass is 16.6. The zero-order valence-electron chi connectivity index (χ0n) is 20.5. The summed E-state index contributed by atoms with van der Waals surface area (Å²) in [6.07, 6.45) is 1.63. The number of hydrogen-bond acceptors (Lipinski definition) is 6. The summed E-state index contributed by atoms with van der Waals surface area (Å²) in [5.74, 6) is 0.829. The van der Waals surface area contributed by atoms with E-state index in [1.165, 1.54) is 0 Å². The van der Waals surface area contributed by atoms with Gasteiger partial charge in [0.15, 0.2) is 0 Å². The summed E-state index contributed by atoms with van der Waals surface area (Å²) in [7, 11) is 1.80. The molecule has 1 saturated heterocycles. The Kier molecular flexibility index (Phi) is 7.56. The van der Waals surface area contributed by atoms with Crippen LogP contribution in [0.1, 0.15) is 51.3 Å². The highest BCUT2D eigenvalue weighted by Gasteiger charge is 2.29. The van der Waals surface area contributed by atoms with E-state index in [0.29, 0.717) is 32.6 Å². The van der Waals surface area contributed by atoms with E-state index in [1.807, 2.05) is 65.0 Å². The number of benzene rings is 1. The molecule has 1 atom stereocenters. The van der Waals surface area contributed by atoms with Crippen molar-refractivity contribution < 1.29 is 14.3 Å². The van der Waals surface area contributed by atoms with Gasteiger partial charge in [-0.05, 0) is 45.7 Å². The van der Waals surface area contributed by atoms with Crippen LogP contribution in [0.25, 0.3) is 0 Å². The molecule has 0 N–H and O–H groups in total. The first-order valence-corrected chi connectivity index (χ1v) is 11.4. The van der Waals surface area contributed by atoms with Crippen molar-refractivity contribution in [1.82, 2.24) is 14.9 Å². The fourth-order valence-electron chi connectivity index (χ4n) is 4.02. The van der Waals surface area contributed by atoms with Crippen LogP contribution in [-0.4, -0.2) is 65.7 Å². The molecule has 1 aromatic carbocycles. The van der Waals surface area contributed by atoms with Gasteiger partial charge in [-0.15, -0.1) is 0 Å². The van der Waals surface area contributed by atoms with Crippen LogP contribution in [-0.2, 0) is 9.53 Å². The molecule has 2 aromatic rings. The van der Waals surface area contributed by atoms with Gasteiger partial charge in [-0.3, -0.25) is 4.79 Å². The summed E-state index contributed by atoms with van der Waals surface area (Å²) in [6, 6.07) is 9.63. The second-order valence-corrected chi connectivity index (χ2v) is 9.54. The quantitative estimate of drug-likeness (QED) is 0.681.